The molecule has 0 bridgehead atoms. The Kier molecular flexibility index (Phi) is 3.63. The average Bonchev–Trinajstić information content (AvgIpc) is 2.34. The van der Waals surface area contributed by atoms with Crippen molar-refractivity contribution >= 4 is 23.2 Å². The zero-order valence-electron chi connectivity index (χ0n) is 8.82. The molecule has 0 fully saturated rings. The summed E-state index contributed by atoms with van der Waals surface area (Å²) in [5, 5.41) is 9.95. The first kappa shape index (κ1) is 11.9. The smallest absolute Gasteiger partial charge is 0.0759 e. The number of pyridine rings is 1. The summed E-state index contributed by atoms with van der Waals surface area (Å²) < 4.78 is 0. The maximum Gasteiger partial charge on any atom is 0.0759 e. The lowest BCUT2D eigenvalue weighted by Gasteiger charge is -2.08. The van der Waals surface area contributed by atoms with Crippen LogP contribution in [0.5, 0.6) is 0 Å². The summed E-state index contributed by atoms with van der Waals surface area (Å²) in [5.41, 5.74) is 2.31. The van der Waals surface area contributed by atoms with Crippen LogP contribution in [0.1, 0.15) is 5.56 Å². The fraction of sp³-hybridized carbons (Fsp3) is 0.0769. The second kappa shape index (κ2) is 5.18. The van der Waals surface area contributed by atoms with Crippen LogP contribution in [0.15, 0.2) is 36.5 Å². The van der Waals surface area contributed by atoms with E-state index >= 15 is 0 Å². The van der Waals surface area contributed by atoms with Gasteiger partial charge in [0.1, 0.15) is 0 Å². The van der Waals surface area contributed by atoms with E-state index in [0.29, 0.717) is 22.2 Å². The van der Waals surface area contributed by atoms with Crippen molar-refractivity contribution in [1.82, 2.24) is 4.98 Å². The van der Waals surface area contributed by atoms with Crippen LogP contribution < -0.4 is 0 Å². The van der Waals surface area contributed by atoms with Gasteiger partial charge in [-0.3, -0.25) is 4.98 Å². The molecule has 0 amide bonds. The Balaban J connectivity index is 2.60. The highest BCUT2D eigenvalue weighted by molar-refractivity contribution is 6.35. The van der Waals surface area contributed by atoms with E-state index in [1.54, 1.807) is 30.5 Å². The average molecular weight is 263 g/mol. The van der Waals surface area contributed by atoms with E-state index in [1.165, 1.54) is 0 Å². The first-order chi connectivity index (χ1) is 8.22. The predicted octanol–water partition coefficient (Wildman–Crippen LogP) is 4.12. The lowest BCUT2D eigenvalue weighted by atomic mass is 10.0. The zero-order chi connectivity index (χ0) is 12.3. The van der Waals surface area contributed by atoms with Gasteiger partial charge in [-0.15, -0.1) is 0 Å². The van der Waals surface area contributed by atoms with E-state index < -0.39 is 0 Å². The molecule has 0 saturated carbocycles. The van der Waals surface area contributed by atoms with Crippen molar-refractivity contribution < 1.29 is 0 Å². The van der Waals surface area contributed by atoms with Gasteiger partial charge in [-0.2, -0.15) is 5.26 Å². The van der Waals surface area contributed by atoms with Gasteiger partial charge in [0.25, 0.3) is 0 Å². The van der Waals surface area contributed by atoms with Crippen LogP contribution in [0.4, 0.5) is 0 Å². The Bertz CT molecular complexity index is 588. The van der Waals surface area contributed by atoms with Crippen LogP contribution in [0.25, 0.3) is 11.3 Å². The van der Waals surface area contributed by atoms with Crippen molar-refractivity contribution in [1.29, 1.82) is 5.26 Å². The molecule has 84 valence electrons. The van der Waals surface area contributed by atoms with Gasteiger partial charge >= 0.3 is 0 Å². The molecule has 0 aliphatic heterocycles. The van der Waals surface area contributed by atoms with E-state index in [-0.39, 0.29) is 0 Å². The molecule has 1 aromatic heterocycles. The number of hydrogen-bond donors (Lipinski definition) is 0. The van der Waals surface area contributed by atoms with Gasteiger partial charge < -0.3 is 0 Å². The van der Waals surface area contributed by atoms with Crippen molar-refractivity contribution in [2.75, 3.05) is 0 Å². The Morgan fingerprint density at radius 1 is 1.24 bits per heavy atom. The quantitative estimate of drug-likeness (QED) is 0.817. The van der Waals surface area contributed by atoms with E-state index in [9.17, 15) is 0 Å². The molecule has 1 aromatic carbocycles. The number of nitriles is 1. The lowest BCUT2D eigenvalue weighted by Crippen LogP contribution is -1.92. The fourth-order valence-corrected chi connectivity index (χ4v) is 1.97. The highest BCUT2D eigenvalue weighted by Gasteiger charge is 2.10. The van der Waals surface area contributed by atoms with Gasteiger partial charge in [-0.25, -0.2) is 0 Å². The molecule has 0 unspecified atom stereocenters. The van der Waals surface area contributed by atoms with Crippen LogP contribution in [0.3, 0.4) is 0 Å². The molecule has 1 heterocycles. The molecule has 0 spiro atoms. The molecule has 4 heteroatoms. The Labute approximate surface area is 109 Å². The summed E-state index contributed by atoms with van der Waals surface area (Å²) in [6.07, 6.45) is 1.97. The third kappa shape index (κ3) is 2.58. The summed E-state index contributed by atoms with van der Waals surface area (Å²) in [4.78, 5) is 4.28. The molecular formula is C13H8Cl2N2. The summed E-state index contributed by atoms with van der Waals surface area (Å²) in [6, 6.07) is 11.0. The number of aromatic nitrogens is 1. The second-order valence-corrected chi connectivity index (χ2v) is 4.31. The topological polar surface area (TPSA) is 36.7 Å². The Morgan fingerprint density at radius 3 is 2.82 bits per heavy atom. The minimum atomic E-state index is 0.298. The van der Waals surface area contributed by atoms with Crippen LogP contribution in [-0.2, 0) is 6.42 Å². The molecule has 0 N–H and O–H groups in total. The Morgan fingerprint density at radius 2 is 2.06 bits per heavy atom. The molecule has 0 saturated heterocycles. The van der Waals surface area contributed by atoms with Crippen LogP contribution in [0, 0.1) is 11.3 Å². The highest BCUT2D eigenvalue weighted by atomic mass is 35.5. The Hall–Kier alpha value is -1.56. The maximum atomic E-state index is 8.78. The van der Waals surface area contributed by atoms with Crippen molar-refractivity contribution in [3.05, 3.63) is 52.1 Å². The molecule has 0 atom stereocenters. The zero-order valence-corrected chi connectivity index (χ0v) is 10.3. The number of benzene rings is 1. The van der Waals surface area contributed by atoms with E-state index in [1.807, 2.05) is 6.07 Å². The van der Waals surface area contributed by atoms with Gasteiger partial charge in [-0.05, 0) is 29.8 Å². The largest absolute Gasteiger partial charge is 0.256 e. The van der Waals surface area contributed by atoms with Gasteiger partial charge in [-0.1, -0.05) is 29.3 Å². The standard InChI is InChI=1S/C13H8Cl2N2/c14-10-3-4-12(15)11(8-10)13-9(5-6-16)2-1-7-17-13/h1-4,7-8H,5H2. The number of rotatable bonds is 2. The van der Waals surface area contributed by atoms with Gasteiger partial charge in [0.15, 0.2) is 0 Å². The van der Waals surface area contributed by atoms with E-state index in [4.69, 9.17) is 28.5 Å². The van der Waals surface area contributed by atoms with Crippen LogP contribution >= 0.6 is 23.2 Å². The second-order valence-electron chi connectivity index (χ2n) is 3.47. The summed E-state index contributed by atoms with van der Waals surface area (Å²) >= 11 is 12.1. The lowest BCUT2D eigenvalue weighted by molar-refractivity contribution is 1.20. The third-order valence-corrected chi connectivity index (χ3v) is 2.91. The first-order valence-corrected chi connectivity index (χ1v) is 5.74. The molecule has 2 aromatic rings. The minimum absolute atomic E-state index is 0.298. The molecule has 0 aliphatic carbocycles. The van der Waals surface area contributed by atoms with Crippen LogP contribution in [0.2, 0.25) is 10.0 Å². The molecule has 2 nitrogen and oxygen atoms in total. The molecule has 0 radical (unpaired) electrons. The fourth-order valence-electron chi connectivity index (χ4n) is 1.59. The SMILES string of the molecule is N#CCc1cccnc1-c1cc(Cl)ccc1Cl. The molecule has 2 rings (SSSR count). The number of nitrogens with zero attached hydrogens (tertiary/aromatic N) is 2. The van der Waals surface area contributed by atoms with Gasteiger partial charge in [0.2, 0.25) is 0 Å². The first-order valence-electron chi connectivity index (χ1n) is 4.98. The van der Waals surface area contributed by atoms with Crippen LogP contribution in [-0.4, -0.2) is 4.98 Å². The van der Waals surface area contributed by atoms with Crippen molar-refractivity contribution in [3.63, 3.8) is 0 Å². The van der Waals surface area contributed by atoms with Crippen molar-refractivity contribution in [2.45, 2.75) is 6.42 Å². The molecule has 0 aliphatic rings. The third-order valence-electron chi connectivity index (χ3n) is 2.34. The van der Waals surface area contributed by atoms with Crippen molar-refractivity contribution in [3.8, 4) is 17.3 Å². The summed E-state index contributed by atoms with van der Waals surface area (Å²) in [7, 11) is 0. The normalized spacial score (nSPS) is 9.94. The monoisotopic (exact) mass is 262 g/mol. The highest BCUT2D eigenvalue weighted by Crippen LogP contribution is 2.31. The van der Waals surface area contributed by atoms with E-state index in [0.717, 1.165) is 11.1 Å². The minimum Gasteiger partial charge on any atom is -0.256 e. The summed E-state index contributed by atoms with van der Waals surface area (Å²) in [6.45, 7) is 0. The van der Waals surface area contributed by atoms with Gasteiger partial charge in [0, 0.05) is 16.8 Å². The van der Waals surface area contributed by atoms with E-state index in [2.05, 4.69) is 11.1 Å². The maximum absolute atomic E-state index is 8.78. The predicted molar refractivity (Wildman–Crippen MR) is 69.0 cm³/mol. The number of halogens is 2. The van der Waals surface area contributed by atoms with Gasteiger partial charge in [0.05, 0.1) is 23.2 Å². The van der Waals surface area contributed by atoms with Crippen molar-refractivity contribution in [2.24, 2.45) is 0 Å². The molecular weight excluding hydrogens is 255 g/mol. The molecule has 17 heavy (non-hydrogen) atoms. The summed E-state index contributed by atoms with van der Waals surface area (Å²) in [5.74, 6) is 0. The number of hydrogen-bond acceptors (Lipinski definition) is 2.